The van der Waals surface area contributed by atoms with E-state index in [9.17, 15) is 4.79 Å². The number of hydrogen-bond acceptors (Lipinski definition) is 5. The number of pyridine rings is 1. The van der Waals surface area contributed by atoms with E-state index in [0.29, 0.717) is 11.4 Å². The van der Waals surface area contributed by atoms with E-state index in [1.54, 1.807) is 13.2 Å². The van der Waals surface area contributed by atoms with Gasteiger partial charge in [0.2, 0.25) is 0 Å². The number of methoxy groups -OCH3 is 1. The number of anilines is 3. The van der Waals surface area contributed by atoms with Gasteiger partial charge in [-0.3, -0.25) is 4.90 Å². The van der Waals surface area contributed by atoms with Crippen LogP contribution >= 0.6 is 0 Å². The molecule has 1 fully saturated rings. The highest BCUT2D eigenvalue weighted by Crippen LogP contribution is 2.18. The van der Waals surface area contributed by atoms with Crippen LogP contribution in [0.5, 0.6) is 5.75 Å². The smallest absolute Gasteiger partial charge is 0.323 e. The molecule has 0 bridgehead atoms. The Hall–Kier alpha value is -3.58. The molecule has 2 aromatic carbocycles. The summed E-state index contributed by atoms with van der Waals surface area (Å²) in [7, 11) is 1.60. The molecule has 0 unspecified atom stereocenters. The lowest BCUT2D eigenvalue weighted by Gasteiger charge is -2.35. The van der Waals surface area contributed by atoms with Crippen LogP contribution in [-0.2, 0) is 6.54 Å². The van der Waals surface area contributed by atoms with Crippen LogP contribution in [0.3, 0.4) is 0 Å². The Morgan fingerprint density at radius 2 is 1.71 bits per heavy atom. The van der Waals surface area contributed by atoms with Gasteiger partial charge in [-0.2, -0.15) is 0 Å². The van der Waals surface area contributed by atoms with E-state index in [2.05, 4.69) is 43.6 Å². The Morgan fingerprint density at radius 1 is 0.935 bits per heavy atom. The van der Waals surface area contributed by atoms with E-state index in [4.69, 9.17) is 4.74 Å². The van der Waals surface area contributed by atoms with E-state index in [0.717, 1.165) is 44.2 Å². The van der Waals surface area contributed by atoms with E-state index >= 15 is 0 Å². The number of carbonyl (C=O) groups excluding carboxylic acids is 1. The Labute approximate surface area is 182 Å². The average Bonchev–Trinajstić information content (AvgIpc) is 2.81. The van der Waals surface area contributed by atoms with Crippen molar-refractivity contribution in [2.75, 3.05) is 48.8 Å². The number of hydrogen-bond donors (Lipinski definition) is 2. The summed E-state index contributed by atoms with van der Waals surface area (Å²) in [5.74, 6) is 1.74. The average molecular weight is 418 g/mol. The minimum absolute atomic E-state index is 0.286. The van der Waals surface area contributed by atoms with Crippen LogP contribution in [0.15, 0.2) is 72.9 Å². The maximum atomic E-state index is 12.3. The van der Waals surface area contributed by atoms with Gasteiger partial charge < -0.3 is 20.3 Å². The van der Waals surface area contributed by atoms with Gasteiger partial charge in [-0.25, -0.2) is 9.78 Å². The molecule has 7 heteroatoms. The summed E-state index contributed by atoms with van der Waals surface area (Å²) in [6.45, 7) is 4.84. The summed E-state index contributed by atoms with van der Waals surface area (Å²) in [5, 5.41) is 5.68. The SMILES string of the molecule is COc1cccc(NC(=O)Nc2ccc(CN3CCN(c4ccccn4)CC3)cc2)c1. The second-order valence-electron chi connectivity index (χ2n) is 7.46. The van der Waals surface area contributed by atoms with Crippen LogP contribution in [0.25, 0.3) is 0 Å². The summed E-state index contributed by atoms with van der Waals surface area (Å²) < 4.78 is 5.18. The molecule has 1 aromatic heterocycles. The fraction of sp³-hybridized carbons (Fsp3) is 0.250. The van der Waals surface area contributed by atoms with Gasteiger partial charge in [0.1, 0.15) is 11.6 Å². The van der Waals surface area contributed by atoms with E-state index in [1.807, 2.05) is 48.7 Å². The minimum atomic E-state index is -0.286. The summed E-state index contributed by atoms with van der Waals surface area (Å²) in [6, 6.07) is 21.0. The predicted octanol–water partition coefficient (Wildman–Crippen LogP) is 4.06. The molecular formula is C24H27N5O2. The second kappa shape index (κ2) is 9.95. The lowest BCUT2D eigenvalue weighted by molar-refractivity contribution is 0.249. The Kier molecular flexibility index (Phi) is 6.64. The number of nitrogens with one attached hydrogen (secondary N) is 2. The lowest BCUT2D eigenvalue weighted by Crippen LogP contribution is -2.46. The molecule has 0 atom stereocenters. The molecule has 7 nitrogen and oxygen atoms in total. The number of piperazine rings is 1. The number of amides is 2. The molecule has 3 aromatic rings. The molecule has 0 saturated carbocycles. The van der Waals surface area contributed by atoms with Crippen molar-refractivity contribution < 1.29 is 9.53 Å². The minimum Gasteiger partial charge on any atom is -0.497 e. The third-order valence-electron chi connectivity index (χ3n) is 5.29. The van der Waals surface area contributed by atoms with Crippen molar-refractivity contribution in [1.29, 1.82) is 0 Å². The Bertz CT molecular complexity index is 986. The van der Waals surface area contributed by atoms with E-state index in [1.165, 1.54) is 5.56 Å². The number of nitrogens with zero attached hydrogens (tertiary/aromatic N) is 3. The van der Waals surface area contributed by atoms with Crippen LogP contribution in [0.1, 0.15) is 5.56 Å². The van der Waals surface area contributed by atoms with E-state index in [-0.39, 0.29) is 6.03 Å². The summed E-state index contributed by atoms with van der Waals surface area (Å²) in [4.78, 5) is 21.5. The summed E-state index contributed by atoms with van der Waals surface area (Å²) in [6.07, 6.45) is 1.84. The maximum Gasteiger partial charge on any atom is 0.323 e. The molecule has 0 aliphatic carbocycles. The molecule has 160 valence electrons. The summed E-state index contributed by atoms with van der Waals surface area (Å²) in [5.41, 5.74) is 2.66. The molecular weight excluding hydrogens is 390 g/mol. The van der Waals surface area contributed by atoms with Crippen LogP contribution in [0, 0.1) is 0 Å². The molecule has 2 heterocycles. The molecule has 2 amide bonds. The van der Waals surface area contributed by atoms with Gasteiger partial charge in [0, 0.05) is 56.4 Å². The van der Waals surface area contributed by atoms with Gasteiger partial charge in [-0.15, -0.1) is 0 Å². The highest BCUT2D eigenvalue weighted by atomic mass is 16.5. The Balaban J connectivity index is 1.25. The zero-order chi connectivity index (χ0) is 21.5. The van der Waals surface area contributed by atoms with Gasteiger partial charge in [-0.1, -0.05) is 24.3 Å². The highest BCUT2D eigenvalue weighted by Gasteiger charge is 2.17. The number of benzene rings is 2. The van der Waals surface area contributed by atoms with Gasteiger partial charge >= 0.3 is 6.03 Å². The molecule has 31 heavy (non-hydrogen) atoms. The van der Waals surface area contributed by atoms with Crippen molar-refractivity contribution >= 4 is 23.2 Å². The van der Waals surface area contributed by atoms with Crippen LogP contribution in [-0.4, -0.2) is 49.2 Å². The zero-order valence-electron chi connectivity index (χ0n) is 17.6. The van der Waals surface area contributed by atoms with Crippen molar-refractivity contribution in [3.05, 3.63) is 78.5 Å². The largest absolute Gasteiger partial charge is 0.497 e. The van der Waals surface area contributed by atoms with Crippen molar-refractivity contribution in [1.82, 2.24) is 9.88 Å². The highest BCUT2D eigenvalue weighted by molar-refractivity contribution is 5.99. The topological polar surface area (TPSA) is 69.7 Å². The monoisotopic (exact) mass is 417 g/mol. The van der Waals surface area contributed by atoms with Gasteiger partial charge in [0.05, 0.1) is 7.11 Å². The normalized spacial score (nSPS) is 14.2. The van der Waals surface area contributed by atoms with E-state index < -0.39 is 0 Å². The van der Waals surface area contributed by atoms with Crippen LogP contribution < -0.4 is 20.3 Å². The first-order valence-corrected chi connectivity index (χ1v) is 10.4. The fourth-order valence-corrected chi connectivity index (χ4v) is 3.62. The fourth-order valence-electron chi connectivity index (χ4n) is 3.62. The first-order valence-electron chi connectivity index (χ1n) is 10.4. The van der Waals surface area contributed by atoms with Gasteiger partial charge in [0.15, 0.2) is 0 Å². The number of aromatic nitrogens is 1. The van der Waals surface area contributed by atoms with Crippen molar-refractivity contribution in [2.45, 2.75) is 6.54 Å². The van der Waals surface area contributed by atoms with Crippen molar-refractivity contribution in [3.63, 3.8) is 0 Å². The van der Waals surface area contributed by atoms with Crippen molar-refractivity contribution in [2.24, 2.45) is 0 Å². The predicted molar refractivity (Wildman–Crippen MR) is 124 cm³/mol. The number of ether oxygens (including phenoxy) is 1. The molecule has 1 aliphatic rings. The molecule has 1 aliphatic heterocycles. The molecule has 0 radical (unpaired) electrons. The lowest BCUT2D eigenvalue weighted by atomic mass is 10.1. The number of carbonyl (C=O) groups is 1. The first kappa shape index (κ1) is 20.7. The number of rotatable bonds is 6. The molecule has 4 rings (SSSR count). The van der Waals surface area contributed by atoms with Gasteiger partial charge in [-0.05, 0) is 42.0 Å². The standard InChI is InChI=1S/C24H27N5O2/c1-31-22-6-4-5-21(17-22)27-24(30)26-20-10-8-19(9-11-20)18-28-13-15-29(16-14-28)23-7-2-3-12-25-23/h2-12,17H,13-16,18H2,1H3,(H2,26,27,30). The zero-order valence-corrected chi connectivity index (χ0v) is 17.6. The van der Waals surface area contributed by atoms with Crippen LogP contribution in [0.4, 0.5) is 22.0 Å². The molecule has 1 saturated heterocycles. The third-order valence-corrected chi connectivity index (χ3v) is 5.29. The first-order chi connectivity index (χ1) is 15.2. The summed E-state index contributed by atoms with van der Waals surface area (Å²) >= 11 is 0. The Morgan fingerprint density at radius 3 is 2.42 bits per heavy atom. The number of urea groups is 1. The molecule has 2 N–H and O–H groups in total. The quantitative estimate of drug-likeness (QED) is 0.633. The van der Waals surface area contributed by atoms with Crippen molar-refractivity contribution in [3.8, 4) is 5.75 Å². The molecule has 0 spiro atoms. The second-order valence-corrected chi connectivity index (χ2v) is 7.46. The van der Waals surface area contributed by atoms with Crippen LogP contribution in [0.2, 0.25) is 0 Å². The third kappa shape index (κ3) is 5.73. The maximum absolute atomic E-state index is 12.3. The van der Waals surface area contributed by atoms with Gasteiger partial charge in [0.25, 0.3) is 0 Å².